The van der Waals surface area contributed by atoms with Gasteiger partial charge in [0, 0.05) is 0 Å². The van der Waals surface area contributed by atoms with Crippen molar-refractivity contribution in [3.8, 4) is 5.75 Å². The monoisotopic (exact) mass is 229 g/mol. The zero-order chi connectivity index (χ0) is 10.7. The minimum atomic E-state index is -3.30. The van der Waals surface area contributed by atoms with Gasteiger partial charge in [0.2, 0.25) is 0 Å². The molecule has 1 aliphatic rings. The fourth-order valence-corrected chi connectivity index (χ4v) is 2.10. The van der Waals surface area contributed by atoms with Crippen LogP contribution in [0.3, 0.4) is 0 Å². The molecule has 4 nitrogen and oxygen atoms in total. The van der Waals surface area contributed by atoms with Crippen molar-refractivity contribution in [3.63, 3.8) is 0 Å². The van der Waals surface area contributed by atoms with Gasteiger partial charge in [0.15, 0.2) is 0 Å². The number of rotatable bonds is 5. The van der Waals surface area contributed by atoms with Crippen molar-refractivity contribution in [3.05, 3.63) is 37.0 Å². The van der Waals surface area contributed by atoms with E-state index in [-0.39, 0.29) is 6.10 Å². The Labute approximate surface area is 89.4 Å². The van der Waals surface area contributed by atoms with Crippen LogP contribution in [-0.2, 0) is 9.26 Å². The van der Waals surface area contributed by atoms with Crippen LogP contribution in [0, 0.1) is 6.66 Å². The first kappa shape index (κ1) is 10.8. The Hall–Kier alpha value is -0.670. The van der Waals surface area contributed by atoms with Gasteiger partial charge in [-0.25, -0.2) is 0 Å². The average molecular weight is 229 g/mol. The third kappa shape index (κ3) is 3.76. The molecular formula is C10H14O4P. The molecule has 1 fully saturated rings. The number of benzene rings is 1. The summed E-state index contributed by atoms with van der Waals surface area (Å²) in [4.78, 5) is 9.77. The molecule has 0 spiro atoms. The first-order valence-electron chi connectivity index (χ1n) is 4.73. The molecule has 1 aliphatic heterocycles. The van der Waals surface area contributed by atoms with Crippen LogP contribution in [-0.4, -0.2) is 24.2 Å². The molecule has 1 atom stereocenters. The molecule has 0 amide bonds. The van der Waals surface area contributed by atoms with Gasteiger partial charge in [0.05, 0.1) is 0 Å². The number of hydrogen-bond donors (Lipinski definition) is 1. The van der Waals surface area contributed by atoms with Gasteiger partial charge in [0.1, 0.15) is 0 Å². The summed E-state index contributed by atoms with van der Waals surface area (Å²) in [5.74, 6) is 0.568. The minimum absolute atomic E-state index is 0.102. The SMILES string of the molecule is [CH2][PH](O)(OCC1CO1)Oc1ccccc1. The van der Waals surface area contributed by atoms with Crippen molar-refractivity contribution < 1.29 is 18.7 Å². The van der Waals surface area contributed by atoms with E-state index in [0.29, 0.717) is 19.0 Å². The fraction of sp³-hybridized carbons (Fsp3) is 0.300. The van der Waals surface area contributed by atoms with E-state index in [4.69, 9.17) is 13.8 Å². The summed E-state index contributed by atoms with van der Waals surface area (Å²) >= 11 is 0. The van der Waals surface area contributed by atoms with Gasteiger partial charge in [-0.1, -0.05) is 0 Å². The maximum atomic E-state index is 9.77. The van der Waals surface area contributed by atoms with Crippen molar-refractivity contribution in [1.82, 2.24) is 0 Å². The molecule has 2 rings (SSSR count). The standard InChI is InChI=1S/C10H14O4P/c1-15(11,13-8-10-7-12-10)14-9-5-3-2-4-6-9/h2-6,10-11,15H,1,7-8H2. The topological polar surface area (TPSA) is 51.2 Å². The third-order valence-corrected chi connectivity index (χ3v) is 3.09. The van der Waals surface area contributed by atoms with Crippen molar-refractivity contribution >= 4 is 7.94 Å². The molecule has 1 aromatic carbocycles. The predicted molar refractivity (Wildman–Crippen MR) is 58.7 cm³/mol. The Morgan fingerprint density at radius 2 is 2.13 bits per heavy atom. The zero-order valence-corrected chi connectivity index (χ0v) is 9.26. The van der Waals surface area contributed by atoms with Crippen LogP contribution in [0.2, 0.25) is 0 Å². The molecule has 1 radical (unpaired) electrons. The maximum absolute atomic E-state index is 9.77. The molecule has 1 heterocycles. The van der Waals surface area contributed by atoms with Gasteiger partial charge in [-0.05, 0) is 0 Å². The molecule has 15 heavy (non-hydrogen) atoms. The fourth-order valence-electron chi connectivity index (χ4n) is 1.09. The quantitative estimate of drug-likeness (QED) is 0.617. The molecule has 1 unspecified atom stereocenters. The second-order valence-electron chi connectivity index (χ2n) is 3.39. The summed E-state index contributed by atoms with van der Waals surface area (Å²) in [5.41, 5.74) is 0. The Balaban J connectivity index is 1.85. The normalized spacial score (nSPS) is 21.1. The Kier molecular flexibility index (Phi) is 3.22. The summed E-state index contributed by atoms with van der Waals surface area (Å²) < 4.78 is 15.4. The van der Waals surface area contributed by atoms with Crippen molar-refractivity contribution in [2.24, 2.45) is 0 Å². The summed E-state index contributed by atoms with van der Waals surface area (Å²) in [6.45, 7) is 4.60. The van der Waals surface area contributed by atoms with Crippen molar-refractivity contribution in [1.29, 1.82) is 0 Å². The molecule has 1 saturated heterocycles. The summed E-state index contributed by atoms with van der Waals surface area (Å²) in [6.07, 6.45) is 0.102. The van der Waals surface area contributed by atoms with Crippen LogP contribution in [0.4, 0.5) is 0 Å². The third-order valence-electron chi connectivity index (χ3n) is 1.92. The van der Waals surface area contributed by atoms with Crippen LogP contribution in [0.1, 0.15) is 0 Å². The van der Waals surface area contributed by atoms with Gasteiger partial charge in [-0.2, -0.15) is 0 Å². The van der Waals surface area contributed by atoms with E-state index < -0.39 is 7.94 Å². The molecule has 0 aromatic heterocycles. The molecule has 5 heteroatoms. The molecule has 0 bridgehead atoms. The number of hydrogen-bond acceptors (Lipinski definition) is 4. The van der Waals surface area contributed by atoms with Gasteiger partial charge >= 0.3 is 88.7 Å². The number of ether oxygens (including phenoxy) is 1. The molecule has 83 valence electrons. The second-order valence-corrected chi connectivity index (χ2v) is 5.31. The molecule has 1 aromatic rings. The second kappa shape index (κ2) is 4.45. The van der Waals surface area contributed by atoms with Crippen LogP contribution in [0.25, 0.3) is 0 Å². The predicted octanol–water partition coefficient (Wildman–Crippen LogP) is 1.76. The van der Waals surface area contributed by atoms with E-state index in [1.165, 1.54) is 0 Å². The van der Waals surface area contributed by atoms with E-state index in [1.807, 2.05) is 18.2 Å². The van der Waals surface area contributed by atoms with Crippen molar-refractivity contribution in [2.75, 3.05) is 13.2 Å². The van der Waals surface area contributed by atoms with E-state index >= 15 is 0 Å². The van der Waals surface area contributed by atoms with Crippen molar-refractivity contribution in [2.45, 2.75) is 6.10 Å². The average Bonchev–Trinajstić information content (AvgIpc) is 2.99. The van der Waals surface area contributed by atoms with Gasteiger partial charge in [-0.15, -0.1) is 0 Å². The van der Waals surface area contributed by atoms with Crippen LogP contribution in [0.15, 0.2) is 30.3 Å². The summed E-state index contributed by atoms with van der Waals surface area (Å²) in [5, 5.41) is 0. The van der Waals surface area contributed by atoms with E-state index in [9.17, 15) is 4.89 Å². The summed E-state index contributed by atoms with van der Waals surface area (Å²) in [6, 6.07) is 9.02. The van der Waals surface area contributed by atoms with Gasteiger partial charge < -0.3 is 0 Å². The van der Waals surface area contributed by atoms with Crippen LogP contribution < -0.4 is 4.52 Å². The van der Waals surface area contributed by atoms with E-state index in [1.54, 1.807) is 12.1 Å². The molecule has 1 N–H and O–H groups in total. The Morgan fingerprint density at radius 3 is 2.73 bits per heavy atom. The summed E-state index contributed by atoms with van der Waals surface area (Å²) in [7, 11) is -3.30. The van der Waals surface area contributed by atoms with Gasteiger partial charge in [-0.3, -0.25) is 0 Å². The molecule has 0 saturated carbocycles. The zero-order valence-electron chi connectivity index (χ0n) is 8.26. The number of para-hydroxylation sites is 1. The number of epoxide rings is 1. The molecular weight excluding hydrogens is 215 g/mol. The van der Waals surface area contributed by atoms with Gasteiger partial charge in [0.25, 0.3) is 0 Å². The van der Waals surface area contributed by atoms with Crippen LogP contribution >= 0.6 is 7.94 Å². The Bertz CT molecular complexity index is 310. The Morgan fingerprint density at radius 1 is 1.47 bits per heavy atom. The van der Waals surface area contributed by atoms with Crippen LogP contribution in [0.5, 0.6) is 5.75 Å². The first-order valence-corrected chi connectivity index (χ1v) is 6.70. The first-order chi connectivity index (χ1) is 7.16. The molecule has 0 aliphatic carbocycles. The van der Waals surface area contributed by atoms with E-state index in [2.05, 4.69) is 6.66 Å². The van der Waals surface area contributed by atoms with E-state index in [0.717, 1.165) is 0 Å².